The van der Waals surface area contributed by atoms with E-state index in [0.29, 0.717) is 5.82 Å². The average molecular weight is 590 g/mol. The van der Waals surface area contributed by atoms with Crippen LogP contribution in [-0.2, 0) is 5.41 Å². The van der Waals surface area contributed by atoms with E-state index in [1.807, 2.05) is 48.7 Å². The normalized spacial score (nSPS) is 13.5. The molecule has 5 aromatic carbocycles. The summed E-state index contributed by atoms with van der Waals surface area (Å²) in [6.45, 7) is 0. The monoisotopic (exact) mass is 589 g/mol. The fourth-order valence-corrected chi connectivity index (χ4v) is 7.04. The lowest BCUT2D eigenvalue weighted by molar-refractivity contribution is 0.434. The van der Waals surface area contributed by atoms with Gasteiger partial charge < -0.3 is 4.74 Å². The van der Waals surface area contributed by atoms with Crippen LogP contribution in [0.25, 0.3) is 46.1 Å². The number of ether oxygens (including phenoxy) is 1. The Balaban J connectivity index is 1.35. The zero-order valence-electron chi connectivity index (χ0n) is 24.8. The van der Waals surface area contributed by atoms with Crippen LogP contribution < -0.4 is 4.74 Å². The van der Waals surface area contributed by atoms with E-state index in [1.54, 1.807) is 6.20 Å². The molecule has 0 amide bonds. The van der Waals surface area contributed by atoms with E-state index < -0.39 is 5.41 Å². The van der Waals surface area contributed by atoms with E-state index in [0.717, 1.165) is 56.3 Å². The van der Waals surface area contributed by atoms with Gasteiger partial charge in [0, 0.05) is 40.2 Å². The summed E-state index contributed by atoms with van der Waals surface area (Å²) in [6.07, 6.45) is 8.11. The number of benzene rings is 5. The highest BCUT2D eigenvalue weighted by molar-refractivity contribution is 5.85. The second-order valence-corrected chi connectivity index (χ2v) is 11.6. The fourth-order valence-electron chi connectivity index (χ4n) is 7.04. The summed E-state index contributed by atoms with van der Waals surface area (Å²) in [7, 11) is 0. The van der Waals surface area contributed by atoms with E-state index in [9.17, 15) is 0 Å². The molecule has 216 valence electrons. The Morgan fingerprint density at radius 1 is 0.457 bits per heavy atom. The van der Waals surface area contributed by atoms with Crippen molar-refractivity contribution in [1.29, 1.82) is 0 Å². The number of hydrogen-bond acceptors (Lipinski definition) is 4. The molecule has 0 fully saturated rings. The van der Waals surface area contributed by atoms with Gasteiger partial charge in [-0.3, -0.25) is 4.98 Å². The molecule has 0 bridgehead atoms. The van der Waals surface area contributed by atoms with Gasteiger partial charge in [0.05, 0.1) is 16.8 Å². The van der Waals surface area contributed by atoms with Crippen LogP contribution in [0.5, 0.6) is 11.5 Å². The molecular formula is C42H27N3O. The molecule has 0 unspecified atom stereocenters. The summed E-state index contributed by atoms with van der Waals surface area (Å²) in [6, 6.07) is 48.5. The number of pyridine rings is 1. The number of nitrogens with zero attached hydrogens (tertiary/aromatic N) is 3. The molecule has 9 rings (SSSR count). The van der Waals surface area contributed by atoms with Gasteiger partial charge in [-0.1, -0.05) is 115 Å². The van der Waals surface area contributed by atoms with E-state index in [1.165, 1.54) is 16.7 Å². The summed E-state index contributed by atoms with van der Waals surface area (Å²) >= 11 is 0. The van der Waals surface area contributed by atoms with Crippen LogP contribution in [0.1, 0.15) is 33.4 Å². The SMILES string of the molecule is C1=Cc2ccc(-c3cc(-c4cccnc4)nc(-c4ccccc4)n3)cc2C2(c3ccccc31)c1ccccc1Oc1ccccc12. The minimum absolute atomic E-state index is 0.627. The lowest BCUT2D eigenvalue weighted by Crippen LogP contribution is -2.35. The predicted octanol–water partition coefficient (Wildman–Crippen LogP) is 9.84. The highest BCUT2D eigenvalue weighted by atomic mass is 16.5. The molecule has 4 heteroatoms. The predicted molar refractivity (Wildman–Crippen MR) is 183 cm³/mol. The van der Waals surface area contributed by atoms with Gasteiger partial charge in [-0.25, -0.2) is 9.97 Å². The van der Waals surface area contributed by atoms with Crippen molar-refractivity contribution in [3.63, 3.8) is 0 Å². The third kappa shape index (κ3) is 4.04. The van der Waals surface area contributed by atoms with Crippen molar-refractivity contribution < 1.29 is 4.74 Å². The quantitative estimate of drug-likeness (QED) is 0.206. The van der Waals surface area contributed by atoms with Crippen LogP contribution >= 0.6 is 0 Å². The number of aromatic nitrogens is 3. The van der Waals surface area contributed by atoms with E-state index in [-0.39, 0.29) is 0 Å². The summed E-state index contributed by atoms with van der Waals surface area (Å²) in [5.41, 5.74) is 10.9. The van der Waals surface area contributed by atoms with Gasteiger partial charge in [0.15, 0.2) is 5.82 Å². The summed E-state index contributed by atoms with van der Waals surface area (Å²) in [5, 5.41) is 0. The standard InChI is InChI=1S/C42H27N3O/c1-2-12-30(13-3-1)41-44-37(26-38(45-41)32-14-10-24-43-27-32)31-23-22-29-21-20-28-11-4-5-15-33(28)42(36(29)25-31)34-16-6-8-18-39(34)46-40-19-9-7-17-35(40)42/h1-27H. The van der Waals surface area contributed by atoms with Crippen LogP contribution in [0.2, 0.25) is 0 Å². The highest BCUT2D eigenvalue weighted by Gasteiger charge is 2.47. The van der Waals surface area contributed by atoms with E-state index >= 15 is 0 Å². The topological polar surface area (TPSA) is 47.9 Å². The Morgan fingerprint density at radius 3 is 1.78 bits per heavy atom. The molecule has 46 heavy (non-hydrogen) atoms. The number of para-hydroxylation sites is 2. The Kier molecular flexibility index (Phi) is 6.00. The molecular weight excluding hydrogens is 562 g/mol. The minimum atomic E-state index is -0.627. The Bertz CT molecular complexity index is 2190. The van der Waals surface area contributed by atoms with Crippen molar-refractivity contribution in [2.75, 3.05) is 0 Å². The van der Waals surface area contributed by atoms with Gasteiger partial charge in [-0.05, 0) is 58.7 Å². The van der Waals surface area contributed by atoms with Crippen molar-refractivity contribution in [2.24, 2.45) is 0 Å². The molecule has 1 spiro atoms. The maximum absolute atomic E-state index is 6.57. The smallest absolute Gasteiger partial charge is 0.160 e. The summed E-state index contributed by atoms with van der Waals surface area (Å²) < 4.78 is 6.57. The molecule has 3 heterocycles. The first-order chi connectivity index (χ1) is 22.8. The van der Waals surface area contributed by atoms with Gasteiger partial charge in [-0.2, -0.15) is 0 Å². The second kappa shape index (κ2) is 10.5. The first-order valence-electron chi connectivity index (χ1n) is 15.4. The largest absolute Gasteiger partial charge is 0.457 e. The first-order valence-corrected chi connectivity index (χ1v) is 15.4. The molecule has 0 saturated carbocycles. The zero-order chi connectivity index (χ0) is 30.5. The molecule has 0 atom stereocenters. The van der Waals surface area contributed by atoms with Crippen LogP contribution in [0, 0.1) is 0 Å². The van der Waals surface area contributed by atoms with Crippen LogP contribution in [0.4, 0.5) is 0 Å². The molecule has 0 saturated heterocycles. The van der Waals surface area contributed by atoms with Crippen LogP contribution in [0.15, 0.2) is 152 Å². The van der Waals surface area contributed by atoms with E-state index in [2.05, 4.69) is 114 Å². The van der Waals surface area contributed by atoms with Gasteiger partial charge in [0.1, 0.15) is 11.5 Å². The van der Waals surface area contributed by atoms with Gasteiger partial charge in [0.25, 0.3) is 0 Å². The third-order valence-corrected chi connectivity index (χ3v) is 9.08. The second-order valence-electron chi connectivity index (χ2n) is 11.6. The Labute approximate surface area is 267 Å². The number of rotatable bonds is 3. The maximum Gasteiger partial charge on any atom is 0.160 e. The molecule has 0 N–H and O–H groups in total. The maximum atomic E-state index is 6.57. The van der Waals surface area contributed by atoms with Gasteiger partial charge in [-0.15, -0.1) is 0 Å². The lowest BCUT2D eigenvalue weighted by atomic mass is 9.62. The Hall–Kier alpha value is -6.13. The molecule has 0 radical (unpaired) electrons. The Morgan fingerprint density at radius 2 is 1.07 bits per heavy atom. The van der Waals surface area contributed by atoms with Crippen molar-refractivity contribution in [2.45, 2.75) is 5.41 Å². The third-order valence-electron chi connectivity index (χ3n) is 9.08. The van der Waals surface area contributed by atoms with Crippen molar-refractivity contribution >= 4 is 12.2 Å². The number of fused-ring (bicyclic) bond motifs is 8. The number of hydrogen-bond donors (Lipinski definition) is 0. The molecule has 4 nitrogen and oxygen atoms in total. The van der Waals surface area contributed by atoms with Crippen molar-refractivity contribution in [3.05, 3.63) is 185 Å². The first kappa shape index (κ1) is 26.3. The lowest BCUT2D eigenvalue weighted by Gasteiger charge is -2.42. The van der Waals surface area contributed by atoms with Crippen LogP contribution in [0.3, 0.4) is 0 Å². The molecule has 7 aromatic rings. The molecule has 1 aliphatic heterocycles. The fraction of sp³-hybridized carbons (Fsp3) is 0.0238. The van der Waals surface area contributed by atoms with Gasteiger partial charge >= 0.3 is 0 Å². The molecule has 2 aromatic heterocycles. The minimum Gasteiger partial charge on any atom is -0.457 e. The molecule has 2 aliphatic rings. The zero-order valence-corrected chi connectivity index (χ0v) is 24.8. The highest BCUT2D eigenvalue weighted by Crippen LogP contribution is 2.57. The molecule has 1 aliphatic carbocycles. The van der Waals surface area contributed by atoms with E-state index in [4.69, 9.17) is 14.7 Å². The van der Waals surface area contributed by atoms with Crippen LogP contribution in [-0.4, -0.2) is 15.0 Å². The average Bonchev–Trinajstić information content (AvgIpc) is 3.27. The van der Waals surface area contributed by atoms with Crippen molar-refractivity contribution in [1.82, 2.24) is 15.0 Å². The summed E-state index contributed by atoms with van der Waals surface area (Å²) in [5.74, 6) is 2.40. The van der Waals surface area contributed by atoms with Gasteiger partial charge in [0.2, 0.25) is 0 Å². The summed E-state index contributed by atoms with van der Waals surface area (Å²) in [4.78, 5) is 14.5. The van der Waals surface area contributed by atoms with Crippen molar-refractivity contribution in [3.8, 4) is 45.4 Å².